The van der Waals surface area contributed by atoms with Gasteiger partial charge in [0.25, 0.3) is 0 Å². The lowest BCUT2D eigenvalue weighted by molar-refractivity contribution is 0.0566. The predicted molar refractivity (Wildman–Crippen MR) is 148 cm³/mol. The van der Waals surface area contributed by atoms with E-state index in [-0.39, 0.29) is 29.8 Å². The third kappa shape index (κ3) is 6.44. The Hall–Kier alpha value is -4.34. The van der Waals surface area contributed by atoms with Crippen molar-refractivity contribution in [1.82, 2.24) is 24.7 Å². The lowest BCUT2D eigenvalue weighted by Gasteiger charge is -2.33. The highest BCUT2D eigenvalue weighted by molar-refractivity contribution is 5.85. The minimum atomic E-state index is -2.74. The lowest BCUT2D eigenvalue weighted by Crippen LogP contribution is -2.43. The van der Waals surface area contributed by atoms with E-state index in [0.29, 0.717) is 39.7 Å². The number of ether oxygens (including phenoxy) is 1. The third-order valence-electron chi connectivity index (χ3n) is 6.15. The van der Waals surface area contributed by atoms with Gasteiger partial charge in [0.05, 0.1) is 35.7 Å². The molecule has 9 nitrogen and oxygen atoms in total. The highest BCUT2D eigenvalue weighted by atomic mass is 35.5. The second-order valence-electron chi connectivity index (χ2n) is 8.88. The molecule has 1 atom stereocenters. The average Bonchev–Trinajstić information content (AvgIpc) is 3.42. The molecule has 1 fully saturated rings. The van der Waals surface area contributed by atoms with Crippen LogP contribution in [0.15, 0.2) is 55.1 Å². The number of rotatable bonds is 6. The van der Waals surface area contributed by atoms with Gasteiger partial charge < -0.3 is 20.7 Å². The van der Waals surface area contributed by atoms with Gasteiger partial charge in [-0.3, -0.25) is 0 Å². The minimum absolute atomic E-state index is 0. The maximum atomic E-state index is 14.6. The largest absolute Gasteiger partial charge is 0.496 e. The molecule has 0 radical (unpaired) electrons. The van der Waals surface area contributed by atoms with Gasteiger partial charge in [-0.2, -0.15) is 13.9 Å². The first kappa shape index (κ1) is 28.7. The molecule has 3 aromatic heterocycles. The summed E-state index contributed by atoms with van der Waals surface area (Å²) in [6.45, 7) is -1.33. The summed E-state index contributed by atoms with van der Waals surface area (Å²) in [5.74, 6) is 6.76. The topological polar surface area (TPSA) is 107 Å². The summed E-state index contributed by atoms with van der Waals surface area (Å²) in [4.78, 5) is 15.3. The number of halogens is 4. The number of aromatic nitrogens is 5. The maximum Gasteiger partial charge on any atom is 0.333 e. The van der Waals surface area contributed by atoms with E-state index in [1.807, 2.05) is 6.07 Å². The summed E-state index contributed by atoms with van der Waals surface area (Å²) in [5.41, 5.74) is 8.14. The van der Waals surface area contributed by atoms with Gasteiger partial charge in [-0.25, -0.2) is 24.0 Å². The van der Waals surface area contributed by atoms with Gasteiger partial charge in [-0.05, 0) is 31.0 Å². The fourth-order valence-electron chi connectivity index (χ4n) is 4.32. The van der Waals surface area contributed by atoms with E-state index in [1.165, 1.54) is 31.8 Å². The number of alkyl halides is 2. The van der Waals surface area contributed by atoms with E-state index < -0.39 is 12.4 Å². The quantitative estimate of drug-likeness (QED) is 0.319. The summed E-state index contributed by atoms with van der Waals surface area (Å²) < 4.78 is 46.2. The second kappa shape index (κ2) is 12.7. The van der Waals surface area contributed by atoms with Gasteiger partial charge in [0, 0.05) is 43.8 Å². The number of piperidine rings is 1. The Labute approximate surface area is 235 Å². The summed E-state index contributed by atoms with van der Waals surface area (Å²) in [7, 11) is 1.45. The molecule has 13 heteroatoms. The number of nitrogens with one attached hydrogen (secondary N) is 1. The average molecular weight is 571 g/mol. The Morgan fingerprint density at radius 3 is 2.75 bits per heavy atom. The third-order valence-corrected chi connectivity index (χ3v) is 6.15. The van der Waals surface area contributed by atoms with Gasteiger partial charge in [-0.1, -0.05) is 17.9 Å². The van der Waals surface area contributed by atoms with Gasteiger partial charge in [0.1, 0.15) is 23.2 Å². The normalized spacial score (nSPS) is 14.8. The maximum absolute atomic E-state index is 14.6. The van der Waals surface area contributed by atoms with E-state index in [9.17, 15) is 13.2 Å². The summed E-state index contributed by atoms with van der Waals surface area (Å²) in [6, 6.07) is 7.98. The molecular formula is C27H26ClF3N8O. The van der Waals surface area contributed by atoms with Crippen LogP contribution in [0, 0.1) is 17.7 Å². The van der Waals surface area contributed by atoms with Crippen LogP contribution >= 0.6 is 12.4 Å². The smallest absolute Gasteiger partial charge is 0.333 e. The van der Waals surface area contributed by atoms with Crippen LogP contribution in [-0.2, 0) is 0 Å². The van der Waals surface area contributed by atoms with Crippen molar-refractivity contribution >= 4 is 29.7 Å². The number of pyridine rings is 1. The van der Waals surface area contributed by atoms with Crippen molar-refractivity contribution in [2.45, 2.75) is 25.4 Å². The van der Waals surface area contributed by atoms with Crippen molar-refractivity contribution in [3.05, 3.63) is 72.1 Å². The number of benzene rings is 1. The van der Waals surface area contributed by atoms with Crippen LogP contribution in [0.4, 0.5) is 30.5 Å². The van der Waals surface area contributed by atoms with Crippen molar-refractivity contribution in [3.8, 4) is 29.0 Å². The molecule has 0 aliphatic carbocycles. The molecule has 1 aliphatic heterocycles. The number of nitrogens with zero attached hydrogens (tertiary/aromatic N) is 6. The Kier molecular flexibility index (Phi) is 9.08. The van der Waals surface area contributed by atoms with Crippen LogP contribution < -0.4 is 20.7 Å². The van der Waals surface area contributed by atoms with E-state index >= 15 is 0 Å². The van der Waals surface area contributed by atoms with E-state index in [1.54, 1.807) is 24.4 Å². The monoisotopic (exact) mass is 570 g/mol. The van der Waals surface area contributed by atoms with Crippen LogP contribution in [0.2, 0.25) is 0 Å². The van der Waals surface area contributed by atoms with Crippen molar-refractivity contribution in [2.75, 3.05) is 30.4 Å². The molecule has 0 unspecified atom stereocenters. The molecule has 0 bridgehead atoms. The van der Waals surface area contributed by atoms with Gasteiger partial charge in [0.15, 0.2) is 5.82 Å². The highest BCUT2D eigenvalue weighted by Crippen LogP contribution is 2.31. The summed E-state index contributed by atoms with van der Waals surface area (Å²) >= 11 is 0. The van der Waals surface area contributed by atoms with Gasteiger partial charge >= 0.3 is 6.55 Å². The summed E-state index contributed by atoms with van der Waals surface area (Å²) in [5, 5.41) is 6.77. The molecule has 40 heavy (non-hydrogen) atoms. The first-order chi connectivity index (χ1) is 18.9. The Balaban J connectivity index is 0.00000370. The first-order valence-electron chi connectivity index (χ1n) is 12.2. The lowest BCUT2D eigenvalue weighted by atomic mass is 10.0. The fraction of sp³-hybridized carbons (Fsp3) is 0.259. The summed E-state index contributed by atoms with van der Waals surface area (Å²) in [6.07, 6.45) is 7.43. The van der Waals surface area contributed by atoms with Gasteiger partial charge in [-0.15, -0.1) is 12.4 Å². The molecule has 1 aromatic carbocycles. The standard InChI is InChI=1S/C27H25F3N8O.ClH/c1-39-22-6-2-5-20(28)25(22)26-32-10-9-23(36-26)35-24-12-21(37-11-3-4-19(31)16-37)18(14-33-24)8-7-17-13-34-38(15-17)27(29)30;/h2,5-6,9-10,12-15,19,27H,3-4,11,16,31H2,1H3,(H,32,33,35,36);1H/t19-;/m0./s1. The number of anilines is 3. The first-order valence-corrected chi connectivity index (χ1v) is 12.2. The number of nitrogens with two attached hydrogens (primary N) is 1. The van der Waals surface area contributed by atoms with Crippen LogP contribution in [-0.4, -0.2) is 51.0 Å². The van der Waals surface area contributed by atoms with Crippen LogP contribution in [0.5, 0.6) is 5.75 Å². The van der Waals surface area contributed by atoms with E-state index in [4.69, 9.17) is 10.5 Å². The number of hydrogen-bond donors (Lipinski definition) is 2. The molecular weight excluding hydrogens is 545 g/mol. The molecule has 5 rings (SSSR count). The van der Waals surface area contributed by atoms with Crippen LogP contribution in [0.25, 0.3) is 11.4 Å². The molecule has 0 amide bonds. The number of methoxy groups -OCH3 is 1. The molecule has 4 heterocycles. The second-order valence-corrected chi connectivity index (χ2v) is 8.88. The molecule has 4 aromatic rings. The predicted octanol–water partition coefficient (Wildman–Crippen LogP) is 4.77. The molecule has 0 saturated carbocycles. The zero-order valence-corrected chi connectivity index (χ0v) is 22.2. The van der Waals surface area contributed by atoms with Crippen molar-refractivity contribution in [3.63, 3.8) is 0 Å². The fourth-order valence-corrected chi connectivity index (χ4v) is 4.32. The zero-order chi connectivity index (χ0) is 27.4. The van der Waals surface area contributed by atoms with E-state index in [0.717, 1.165) is 25.1 Å². The molecule has 208 valence electrons. The Morgan fingerprint density at radius 1 is 1.15 bits per heavy atom. The SMILES string of the molecule is COc1cccc(F)c1-c1nccc(Nc2cc(N3CCC[C@H](N)C3)c(C#Cc3cnn(C(F)F)c3)cn2)n1.Cl. The van der Waals surface area contributed by atoms with Crippen molar-refractivity contribution in [2.24, 2.45) is 5.73 Å². The molecule has 3 N–H and O–H groups in total. The van der Waals surface area contributed by atoms with Gasteiger partial charge in [0.2, 0.25) is 0 Å². The zero-order valence-electron chi connectivity index (χ0n) is 21.4. The van der Waals surface area contributed by atoms with Crippen LogP contribution in [0.1, 0.15) is 30.5 Å². The molecule has 1 aliphatic rings. The Bertz CT molecular complexity index is 1540. The van der Waals surface area contributed by atoms with E-state index in [2.05, 4.69) is 42.1 Å². The molecule has 0 spiro atoms. The Morgan fingerprint density at radius 2 is 2.00 bits per heavy atom. The number of hydrogen-bond acceptors (Lipinski definition) is 8. The van der Waals surface area contributed by atoms with Crippen molar-refractivity contribution in [1.29, 1.82) is 0 Å². The molecule has 1 saturated heterocycles. The van der Waals surface area contributed by atoms with Crippen LogP contribution in [0.3, 0.4) is 0 Å². The minimum Gasteiger partial charge on any atom is -0.496 e. The highest BCUT2D eigenvalue weighted by Gasteiger charge is 2.20. The van der Waals surface area contributed by atoms with Crippen molar-refractivity contribution < 1.29 is 17.9 Å².